The van der Waals surface area contributed by atoms with Crippen LogP contribution in [0.2, 0.25) is 0 Å². The highest BCUT2D eigenvalue weighted by atomic mass is 16.5. The molecule has 1 unspecified atom stereocenters. The average Bonchev–Trinajstić information content (AvgIpc) is 3.14. The zero-order chi connectivity index (χ0) is 20.1. The van der Waals surface area contributed by atoms with Crippen LogP contribution in [0.15, 0.2) is 24.3 Å². The van der Waals surface area contributed by atoms with Crippen molar-refractivity contribution < 1.29 is 24.2 Å². The van der Waals surface area contributed by atoms with E-state index in [1.807, 2.05) is 0 Å². The minimum absolute atomic E-state index is 0.00969. The van der Waals surface area contributed by atoms with E-state index < -0.39 is 11.4 Å². The van der Waals surface area contributed by atoms with Crippen molar-refractivity contribution in [3.8, 4) is 0 Å². The molecule has 1 aliphatic carbocycles. The zero-order valence-corrected chi connectivity index (χ0v) is 16.3. The summed E-state index contributed by atoms with van der Waals surface area (Å²) in [5.74, 6) is -1.13. The molecule has 0 bridgehead atoms. The molecule has 0 spiro atoms. The number of nitrogens with one attached hydrogen (secondary N) is 1. The Morgan fingerprint density at radius 2 is 2.00 bits per heavy atom. The van der Waals surface area contributed by atoms with Gasteiger partial charge in [-0.05, 0) is 37.5 Å². The van der Waals surface area contributed by atoms with E-state index in [1.165, 1.54) is 13.5 Å². The van der Waals surface area contributed by atoms with Gasteiger partial charge in [-0.15, -0.1) is 0 Å². The largest absolute Gasteiger partial charge is 0.481 e. The van der Waals surface area contributed by atoms with Crippen LogP contribution in [0.3, 0.4) is 0 Å². The van der Waals surface area contributed by atoms with Crippen molar-refractivity contribution in [1.82, 2.24) is 4.90 Å². The molecule has 28 heavy (non-hydrogen) atoms. The van der Waals surface area contributed by atoms with Crippen molar-refractivity contribution >= 4 is 23.5 Å². The van der Waals surface area contributed by atoms with Crippen LogP contribution in [0, 0.1) is 11.3 Å². The van der Waals surface area contributed by atoms with Crippen molar-refractivity contribution in [3.05, 3.63) is 29.8 Å². The number of likely N-dealkylation sites (tertiary alicyclic amines) is 1. The van der Waals surface area contributed by atoms with Gasteiger partial charge in [-0.25, -0.2) is 0 Å². The Kier molecular flexibility index (Phi) is 6.34. The molecule has 1 aromatic carbocycles. The van der Waals surface area contributed by atoms with E-state index in [4.69, 9.17) is 4.74 Å². The van der Waals surface area contributed by atoms with Crippen LogP contribution < -0.4 is 5.32 Å². The Labute approximate surface area is 165 Å². The number of hydrogen-bond acceptors (Lipinski definition) is 4. The van der Waals surface area contributed by atoms with Crippen molar-refractivity contribution in [3.63, 3.8) is 0 Å². The summed E-state index contributed by atoms with van der Waals surface area (Å²) >= 11 is 0. The van der Waals surface area contributed by atoms with Gasteiger partial charge in [0.1, 0.15) is 5.41 Å². The Bertz CT molecular complexity index is 744. The molecule has 1 aromatic rings. The topological polar surface area (TPSA) is 95.9 Å². The fourth-order valence-electron chi connectivity index (χ4n) is 4.20. The monoisotopic (exact) mass is 388 g/mol. The molecule has 152 valence electrons. The molecule has 0 radical (unpaired) electrons. The maximum Gasteiger partial charge on any atom is 0.313 e. The maximum atomic E-state index is 12.9. The molecule has 2 N–H and O–H groups in total. The summed E-state index contributed by atoms with van der Waals surface area (Å²) in [6.45, 7) is 0.560. The van der Waals surface area contributed by atoms with Gasteiger partial charge in [0.2, 0.25) is 5.91 Å². The van der Waals surface area contributed by atoms with Gasteiger partial charge in [-0.3, -0.25) is 14.4 Å². The molecule has 2 aliphatic rings. The molecular weight excluding hydrogens is 360 g/mol. The fourth-order valence-corrected chi connectivity index (χ4v) is 4.20. The third-order valence-corrected chi connectivity index (χ3v) is 5.87. The molecule has 1 saturated carbocycles. The fraction of sp³-hybridized carbons (Fsp3) is 0.571. The maximum absolute atomic E-state index is 12.9. The van der Waals surface area contributed by atoms with Gasteiger partial charge in [0, 0.05) is 37.4 Å². The molecule has 1 heterocycles. The first kappa shape index (κ1) is 20.3. The third-order valence-electron chi connectivity index (χ3n) is 5.87. The summed E-state index contributed by atoms with van der Waals surface area (Å²) in [7, 11) is 1.47. The highest BCUT2D eigenvalue weighted by Crippen LogP contribution is 2.32. The summed E-state index contributed by atoms with van der Waals surface area (Å²) in [4.78, 5) is 38.6. The van der Waals surface area contributed by atoms with Gasteiger partial charge in [-0.2, -0.15) is 0 Å². The molecule has 3 rings (SSSR count). The zero-order valence-electron chi connectivity index (χ0n) is 16.3. The summed E-state index contributed by atoms with van der Waals surface area (Å²) in [5.41, 5.74) is -0.0147. The number of carbonyl (C=O) groups excluding carboxylic acids is 2. The molecule has 1 atom stereocenters. The van der Waals surface area contributed by atoms with Crippen LogP contribution in [0.5, 0.6) is 0 Å². The molecule has 7 heteroatoms. The Morgan fingerprint density at radius 3 is 2.68 bits per heavy atom. The van der Waals surface area contributed by atoms with Crippen molar-refractivity contribution in [2.75, 3.05) is 32.1 Å². The van der Waals surface area contributed by atoms with Gasteiger partial charge in [0.25, 0.3) is 5.91 Å². The van der Waals surface area contributed by atoms with E-state index in [1.54, 1.807) is 29.2 Å². The van der Waals surface area contributed by atoms with Gasteiger partial charge >= 0.3 is 5.97 Å². The Hall–Kier alpha value is -2.41. The number of methoxy groups -OCH3 is 1. The number of carboxylic acids is 1. The number of nitrogens with zero attached hydrogens (tertiary/aromatic N) is 1. The average molecular weight is 388 g/mol. The number of carbonyl (C=O) groups is 3. The number of ether oxygens (including phenoxy) is 1. The van der Waals surface area contributed by atoms with Crippen molar-refractivity contribution in [2.24, 2.45) is 11.3 Å². The summed E-state index contributed by atoms with van der Waals surface area (Å²) in [6.07, 6.45) is 5.53. The number of anilines is 1. The molecule has 1 aliphatic heterocycles. The highest BCUT2D eigenvalue weighted by Gasteiger charge is 2.46. The van der Waals surface area contributed by atoms with Gasteiger partial charge in [-0.1, -0.05) is 25.3 Å². The van der Waals surface area contributed by atoms with E-state index in [9.17, 15) is 19.5 Å². The van der Waals surface area contributed by atoms with Crippen LogP contribution in [-0.2, 0) is 14.3 Å². The number of hydrogen-bond donors (Lipinski definition) is 2. The van der Waals surface area contributed by atoms with E-state index >= 15 is 0 Å². The first-order valence-electron chi connectivity index (χ1n) is 9.88. The normalized spacial score (nSPS) is 22.8. The number of benzene rings is 1. The Morgan fingerprint density at radius 1 is 1.25 bits per heavy atom. The second-order valence-corrected chi connectivity index (χ2v) is 7.90. The minimum atomic E-state index is -1.06. The number of rotatable bonds is 6. The van der Waals surface area contributed by atoms with Crippen molar-refractivity contribution in [1.29, 1.82) is 0 Å². The van der Waals surface area contributed by atoms with Crippen molar-refractivity contribution in [2.45, 2.75) is 38.5 Å². The molecule has 2 fully saturated rings. The van der Waals surface area contributed by atoms with Crippen LogP contribution in [-0.4, -0.2) is 54.6 Å². The number of aliphatic carboxylic acids is 1. The summed E-state index contributed by atoms with van der Waals surface area (Å²) in [6, 6.07) is 6.86. The minimum Gasteiger partial charge on any atom is -0.481 e. The lowest BCUT2D eigenvalue weighted by atomic mass is 9.88. The van der Waals surface area contributed by atoms with Crippen LogP contribution in [0.4, 0.5) is 5.69 Å². The lowest BCUT2D eigenvalue weighted by Gasteiger charge is -2.24. The Balaban J connectivity index is 1.67. The second-order valence-electron chi connectivity index (χ2n) is 7.90. The van der Waals surface area contributed by atoms with Gasteiger partial charge < -0.3 is 20.1 Å². The van der Waals surface area contributed by atoms with Crippen LogP contribution in [0.1, 0.15) is 48.9 Å². The van der Waals surface area contributed by atoms with Crippen LogP contribution in [0.25, 0.3) is 0 Å². The van der Waals surface area contributed by atoms with E-state index in [0.717, 1.165) is 25.7 Å². The molecule has 2 amide bonds. The predicted molar refractivity (Wildman–Crippen MR) is 104 cm³/mol. The number of carboxylic acid groups (broad SMARTS) is 1. The first-order valence-corrected chi connectivity index (χ1v) is 9.88. The van der Waals surface area contributed by atoms with E-state index in [-0.39, 0.29) is 30.9 Å². The molecule has 0 aromatic heterocycles. The summed E-state index contributed by atoms with van der Waals surface area (Å²) < 4.78 is 5.08. The smallest absolute Gasteiger partial charge is 0.313 e. The standard InChI is InChI=1S/C21H28N2O5/c1-28-14-21(20(26)27)10-11-23(13-21)19(25)16-8-5-9-17(12-16)22-18(24)15-6-3-2-4-7-15/h5,8-9,12,15H,2-4,6-7,10-11,13-14H2,1H3,(H,22,24)(H,26,27). The van der Waals surface area contributed by atoms with Gasteiger partial charge in [0.05, 0.1) is 6.61 Å². The quantitative estimate of drug-likeness (QED) is 0.781. The van der Waals surface area contributed by atoms with Gasteiger partial charge in [0.15, 0.2) is 0 Å². The SMILES string of the molecule is COCC1(C(=O)O)CCN(C(=O)c2cccc(NC(=O)C3CCCCC3)c2)C1. The predicted octanol–water partition coefficient (Wildman–Crippen LogP) is 2.77. The summed E-state index contributed by atoms with van der Waals surface area (Å²) in [5, 5.41) is 12.5. The van der Waals surface area contributed by atoms with Crippen LogP contribution >= 0.6 is 0 Å². The lowest BCUT2D eigenvalue weighted by Crippen LogP contribution is -2.40. The number of amides is 2. The van der Waals surface area contributed by atoms with E-state index in [2.05, 4.69) is 5.32 Å². The molecular formula is C21H28N2O5. The first-order chi connectivity index (χ1) is 13.4. The highest BCUT2D eigenvalue weighted by molar-refractivity contribution is 5.98. The van der Waals surface area contributed by atoms with E-state index in [0.29, 0.717) is 24.2 Å². The second kappa shape index (κ2) is 8.73. The lowest BCUT2D eigenvalue weighted by molar-refractivity contribution is -0.151. The third kappa shape index (κ3) is 4.35. The molecule has 7 nitrogen and oxygen atoms in total. The molecule has 1 saturated heterocycles.